The molecular weight excluding hydrogens is 294 g/mol. The van der Waals surface area contributed by atoms with Gasteiger partial charge in [-0.25, -0.2) is 0 Å². The molecule has 0 heterocycles. The Morgan fingerprint density at radius 1 is 1.09 bits per heavy atom. The van der Waals surface area contributed by atoms with Gasteiger partial charge in [0.25, 0.3) is 0 Å². The fourth-order valence-electron chi connectivity index (χ4n) is 2.27. The molecule has 0 radical (unpaired) electrons. The van der Waals surface area contributed by atoms with Gasteiger partial charge in [0, 0.05) is 6.42 Å². The van der Waals surface area contributed by atoms with Crippen LogP contribution < -0.4 is 0 Å². The summed E-state index contributed by atoms with van der Waals surface area (Å²) in [6, 6.07) is 0. The van der Waals surface area contributed by atoms with Crippen LogP contribution in [0, 0.1) is 4.91 Å². The number of nitrogens with zero attached hydrogens (tertiary/aromatic N) is 1. The summed E-state index contributed by atoms with van der Waals surface area (Å²) >= 11 is 0. The van der Waals surface area contributed by atoms with E-state index >= 15 is 0 Å². The molecular formula is C18H31NO4. The number of hydrogen-bond acceptors (Lipinski definition) is 4. The minimum absolute atomic E-state index is 0.224. The van der Waals surface area contributed by atoms with E-state index in [2.05, 4.69) is 18.3 Å². The van der Waals surface area contributed by atoms with Gasteiger partial charge in [-0.05, 0) is 38.2 Å². The Labute approximate surface area is 139 Å². The second-order valence-electron chi connectivity index (χ2n) is 5.73. The topological polar surface area (TPSA) is 76.0 Å². The van der Waals surface area contributed by atoms with Gasteiger partial charge in [0.15, 0.2) is 5.34 Å². The highest BCUT2D eigenvalue weighted by Gasteiger charge is 2.04. The van der Waals surface area contributed by atoms with Crippen molar-refractivity contribution in [1.82, 2.24) is 0 Å². The molecule has 0 spiro atoms. The van der Waals surface area contributed by atoms with Gasteiger partial charge in [0.2, 0.25) is 0 Å². The Bertz CT molecular complexity index is 353. The van der Waals surface area contributed by atoms with Crippen molar-refractivity contribution in [2.75, 3.05) is 0 Å². The first kappa shape index (κ1) is 21.4. The number of carboxylic acids is 1. The molecule has 0 aliphatic carbocycles. The zero-order valence-corrected chi connectivity index (χ0v) is 14.3. The molecule has 0 fully saturated rings. The highest BCUT2D eigenvalue weighted by Crippen LogP contribution is 2.10. The quantitative estimate of drug-likeness (QED) is 0.174. The number of hydrogen-bond donors (Lipinski definition) is 1. The number of unbranched alkanes of at least 4 members (excludes halogenated alkanes) is 7. The first-order valence-electron chi connectivity index (χ1n) is 8.74. The number of allylic oxidation sites excluding steroid dienone is 3. The first-order chi connectivity index (χ1) is 11.2. The fraction of sp³-hybridized carbons (Fsp3) is 0.722. The van der Waals surface area contributed by atoms with Crippen LogP contribution in [0.25, 0.3) is 0 Å². The zero-order valence-electron chi connectivity index (χ0n) is 14.3. The van der Waals surface area contributed by atoms with E-state index in [1.165, 1.54) is 0 Å². The van der Waals surface area contributed by atoms with Crippen LogP contribution in [-0.2, 0) is 9.63 Å². The van der Waals surface area contributed by atoms with Crippen LogP contribution in [-0.4, -0.2) is 17.2 Å². The van der Waals surface area contributed by atoms with Crippen molar-refractivity contribution in [2.45, 2.75) is 83.7 Å². The second kappa shape index (κ2) is 16.7. The molecule has 0 aliphatic heterocycles. The van der Waals surface area contributed by atoms with E-state index in [0.717, 1.165) is 64.2 Å². The lowest BCUT2D eigenvalue weighted by Crippen LogP contribution is -2.05. The summed E-state index contributed by atoms with van der Waals surface area (Å²) < 4.78 is 0. The van der Waals surface area contributed by atoms with Crippen LogP contribution in [0.5, 0.6) is 0 Å². The molecule has 1 N–H and O–H groups in total. The molecule has 23 heavy (non-hydrogen) atoms. The van der Waals surface area contributed by atoms with E-state index in [9.17, 15) is 9.70 Å². The molecule has 0 aromatic rings. The van der Waals surface area contributed by atoms with Crippen LogP contribution in [0.2, 0.25) is 0 Å². The van der Waals surface area contributed by atoms with Crippen molar-refractivity contribution in [3.8, 4) is 0 Å². The molecule has 0 aromatic heterocycles. The highest BCUT2D eigenvalue weighted by molar-refractivity contribution is 5.66. The maximum absolute atomic E-state index is 10.3. The first-order valence-corrected chi connectivity index (χ1v) is 8.74. The minimum Gasteiger partial charge on any atom is -0.481 e. The van der Waals surface area contributed by atoms with Gasteiger partial charge in [-0.3, -0.25) is 4.79 Å². The normalized spacial score (nSPS) is 12.7. The summed E-state index contributed by atoms with van der Waals surface area (Å²) in [5, 5.41) is 11.0. The van der Waals surface area contributed by atoms with Gasteiger partial charge >= 0.3 is 5.97 Å². The largest absolute Gasteiger partial charge is 0.481 e. The average molecular weight is 325 g/mol. The van der Waals surface area contributed by atoms with Crippen LogP contribution in [0.1, 0.15) is 77.6 Å². The minimum atomic E-state index is -0.707. The maximum Gasteiger partial charge on any atom is 0.303 e. The molecule has 0 saturated carbocycles. The molecule has 0 bridgehead atoms. The molecule has 0 aromatic carbocycles. The van der Waals surface area contributed by atoms with Crippen LogP contribution >= 0.6 is 0 Å². The SMILES string of the molecule is CCCCCC(/C=C/C=C\CCCCCCCC(=O)O)ON=O. The van der Waals surface area contributed by atoms with Crippen molar-refractivity contribution in [3.63, 3.8) is 0 Å². The van der Waals surface area contributed by atoms with Crippen LogP contribution in [0.15, 0.2) is 29.6 Å². The summed E-state index contributed by atoms with van der Waals surface area (Å²) in [7, 11) is 0. The number of carbonyl (C=O) groups is 1. The smallest absolute Gasteiger partial charge is 0.303 e. The number of carboxylic acid groups (broad SMARTS) is 1. The molecule has 1 unspecified atom stereocenters. The molecule has 0 saturated heterocycles. The van der Waals surface area contributed by atoms with E-state index in [1.807, 2.05) is 18.2 Å². The molecule has 5 nitrogen and oxygen atoms in total. The van der Waals surface area contributed by atoms with Crippen LogP contribution in [0.4, 0.5) is 0 Å². The monoisotopic (exact) mass is 325 g/mol. The summed E-state index contributed by atoms with van der Waals surface area (Å²) in [6.07, 6.45) is 18.2. The summed E-state index contributed by atoms with van der Waals surface area (Å²) in [5.41, 5.74) is 0. The lowest BCUT2D eigenvalue weighted by molar-refractivity contribution is -0.137. The summed E-state index contributed by atoms with van der Waals surface area (Å²) in [4.78, 5) is 25.4. The van der Waals surface area contributed by atoms with Gasteiger partial charge in [0.1, 0.15) is 6.10 Å². The molecule has 0 aliphatic rings. The Kier molecular flexibility index (Phi) is 15.5. The lowest BCUT2D eigenvalue weighted by Gasteiger charge is -2.07. The Morgan fingerprint density at radius 3 is 2.52 bits per heavy atom. The van der Waals surface area contributed by atoms with Gasteiger partial charge in [-0.1, -0.05) is 57.3 Å². The maximum atomic E-state index is 10.3. The summed E-state index contributed by atoms with van der Waals surface area (Å²) in [5.74, 6) is -0.707. The number of rotatable bonds is 16. The molecule has 1 atom stereocenters. The second-order valence-corrected chi connectivity index (χ2v) is 5.73. The van der Waals surface area contributed by atoms with Gasteiger partial charge in [0.05, 0.1) is 0 Å². The molecule has 132 valence electrons. The Balaban J connectivity index is 3.64. The Morgan fingerprint density at radius 2 is 1.83 bits per heavy atom. The van der Waals surface area contributed by atoms with Crippen molar-refractivity contribution in [1.29, 1.82) is 0 Å². The zero-order chi connectivity index (χ0) is 17.2. The van der Waals surface area contributed by atoms with E-state index in [1.54, 1.807) is 0 Å². The fourth-order valence-corrected chi connectivity index (χ4v) is 2.27. The highest BCUT2D eigenvalue weighted by atomic mass is 16.7. The average Bonchev–Trinajstić information content (AvgIpc) is 2.52. The van der Waals surface area contributed by atoms with E-state index in [4.69, 9.17) is 9.94 Å². The van der Waals surface area contributed by atoms with Gasteiger partial charge in [-0.2, -0.15) is 0 Å². The van der Waals surface area contributed by atoms with Crippen molar-refractivity contribution in [2.24, 2.45) is 5.34 Å². The van der Waals surface area contributed by atoms with Crippen LogP contribution in [0.3, 0.4) is 0 Å². The summed E-state index contributed by atoms with van der Waals surface area (Å²) in [6.45, 7) is 2.14. The van der Waals surface area contributed by atoms with Gasteiger partial charge < -0.3 is 9.94 Å². The lowest BCUT2D eigenvalue weighted by atomic mass is 10.1. The standard InChI is InChI=1S/C18H31NO4/c1-2-3-11-14-17(23-19-22)15-12-9-7-5-4-6-8-10-13-16-18(20)21/h7,9,12,15,17H,2-6,8,10-11,13-14,16H2,1H3,(H,20,21)/b9-7-,15-12+. The third-order valence-corrected chi connectivity index (χ3v) is 3.61. The van der Waals surface area contributed by atoms with E-state index in [-0.39, 0.29) is 12.5 Å². The van der Waals surface area contributed by atoms with E-state index in [0.29, 0.717) is 0 Å². The predicted octanol–water partition coefficient (Wildman–Crippen LogP) is 5.56. The molecule has 5 heteroatoms. The third-order valence-electron chi connectivity index (χ3n) is 3.61. The Hall–Kier alpha value is -1.65. The predicted molar refractivity (Wildman–Crippen MR) is 93.0 cm³/mol. The van der Waals surface area contributed by atoms with Crippen molar-refractivity contribution in [3.05, 3.63) is 29.2 Å². The molecule has 0 rings (SSSR count). The van der Waals surface area contributed by atoms with Crippen molar-refractivity contribution < 1.29 is 14.7 Å². The van der Waals surface area contributed by atoms with Crippen molar-refractivity contribution >= 4 is 5.97 Å². The van der Waals surface area contributed by atoms with E-state index < -0.39 is 5.97 Å². The van der Waals surface area contributed by atoms with Gasteiger partial charge in [-0.15, -0.1) is 4.91 Å². The number of aliphatic carboxylic acids is 1. The molecule has 0 amide bonds. The third kappa shape index (κ3) is 16.5.